The molecular weight excluding hydrogens is 304 g/mol. The van der Waals surface area contributed by atoms with Gasteiger partial charge in [0.1, 0.15) is 11.8 Å². The predicted molar refractivity (Wildman–Crippen MR) is 94.9 cm³/mol. The first-order valence-corrected chi connectivity index (χ1v) is 8.56. The lowest BCUT2D eigenvalue weighted by Gasteiger charge is -2.41. The summed E-state index contributed by atoms with van der Waals surface area (Å²) in [5.74, 6) is 0. The van der Waals surface area contributed by atoms with Gasteiger partial charge in [0.25, 0.3) is 6.09 Å². The van der Waals surface area contributed by atoms with Gasteiger partial charge in [0, 0.05) is 18.6 Å². The van der Waals surface area contributed by atoms with Crippen LogP contribution in [0, 0.1) is 13.8 Å². The van der Waals surface area contributed by atoms with E-state index in [2.05, 4.69) is 4.99 Å². The van der Waals surface area contributed by atoms with E-state index in [0.29, 0.717) is 18.7 Å². The highest BCUT2D eigenvalue weighted by Gasteiger charge is 2.46. The number of benzene rings is 1. The molecule has 0 saturated carbocycles. The molecule has 0 bridgehead atoms. The Hall–Kier alpha value is -1.88. The Morgan fingerprint density at radius 2 is 1.92 bits per heavy atom. The van der Waals surface area contributed by atoms with Gasteiger partial charge >= 0.3 is 6.02 Å². The Kier molecular flexibility index (Phi) is 5.04. The van der Waals surface area contributed by atoms with Crippen molar-refractivity contribution < 1.29 is 14.6 Å². The van der Waals surface area contributed by atoms with Gasteiger partial charge in [-0.25, -0.2) is 0 Å². The summed E-state index contributed by atoms with van der Waals surface area (Å²) < 4.78 is 5.44. The number of amides is 1. The van der Waals surface area contributed by atoms with Crippen LogP contribution < -0.4 is 9.59 Å². The van der Waals surface area contributed by atoms with Crippen LogP contribution in [0.25, 0.3) is 0 Å². The zero-order chi connectivity index (χ0) is 18.1. The molecule has 1 amide bonds. The number of aryl methyl sites for hydroxylation is 2. The van der Waals surface area contributed by atoms with Gasteiger partial charge in [-0.1, -0.05) is 13.0 Å². The molecule has 0 radical (unpaired) electrons. The number of amidine groups is 1. The summed E-state index contributed by atoms with van der Waals surface area (Å²) in [7, 11) is 0. The van der Waals surface area contributed by atoms with Crippen LogP contribution in [0.3, 0.4) is 0 Å². The molecule has 1 aliphatic rings. The molecule has 0 aromatic heterocycles. The highest BCUT2D eigenvalue weighted by atomic mass is 16.5. The van der Waals surface area contributed by atoms with Crippen LogP contribution in [0.1, 0.15) is 51.7 Å². The highest BCUT2D eigenvalue weighted by molar-refractivity contribution is 6.04. The highest BCUT2D eigenvalue weighted by Crippen LogP contribution is 2.33. The number of carbonyl (C=O) groups excluding carboxylic acids is 1. The SMILES string of the molecule is CCC[N+](C(=O)[O-])(C1=NC(C)(C)CC(C)O1)c1cc(C)cc(C)c1. The molecule has 0 saturated heterocycles. The maximum absolute atomic E-state index is 12.4. The molecule has 24 heavy (non-hydrogen) atoms. The minimum Gasteiger partial charge on any atom is -0.497 e. The molecule has 132 valence electrons. The fraction of sp³-hybridized carbons (Fsp3) is 0.579. The van der Waals surface area contributed by atoms with E-state index in [1.807, 2.05) is 59.7 Å². The monoisotopic (exact) mass is 332 g/mol. The molecule has 0 fully saturated rings. The lowest BCUT2D eigenvalue weighted by Crippen LogP contribution is -2.66. The number of aliphatic imine (C=N–C) groups is 1. The van der Waals surface area contributed by atoms with Crippen molar-refractivity contribution >= 4 is 17.8 Å². The van der Waals surface area contributed by atoms with Crippen LogP contribution in [0.2, 0.25) is 0 Å². The summed E-state index contributed by atoms with van der Waals surface area (Å²) in [6, 6.07) is 6.02. The largest absolute Gasteiger partial charge is 0.497 e. The molecule has 0 spiro atoms. The summed E-state index contributed by atoms with van der Waals surface area (Å²) in [4.78, 5) is 17.0. The van der Waals surface area contributed by atoms with Crippen LogP contribution in [0.15, 0.2) is 23.2 Å². The molecule has 2 rings (SSSR count). The summed E-state index contributed by atoms with van der Waals surface area (Å²) in [5, 5.41) is 12.4. The third-order valence-electron chi connectivity index (χ3n) is 4.34. The minimum absolute atomic E-state index is 0.0906. The Balaban J connectivity index is 2.72. The smallest absolute Gasteiger partial charge is 0.406 e. The van der Waals surface area contributed by atoms with Crippen LogP contribution >= 0.6 is 0 Å². The third-order valence-corrected chi connectivity index (χ3v) is 4.34. The number of carbonyl (C=O) groups is 1. The molecule has 2 atom stereocenters. The van der Waals surface area contributed by atoms with Crippen LogP contribution in [-0.4, -0.2) is 30.3 Å². The van der Waals surface area contributed by atoms with Gasteiger partial charge < -0.3 is 14.6 Å². The van der Waals surface area contributed by atoms with Crippen LogP contribution in [0.4, 0.5) is 10.5 Å². The van der Waals surface area contributed by atoms with Gasteiger partial charge in [-0.05, 0) is 52.2 Å². The van der Waals surface area contributed by atoms with Gasteiger partial charge in [0.2, 0.25) is 0 Å². The molecule has 1 aliphatic heterocycles. The van der Waals surface area contributed by atoms with Gasteiger partial charge in [-0.2, -0.15) is 9.48 Å². The quantitative estimate of drug-likeness (QED) is 0.798. The number of nitrogens with zero attached hydrogens (tertiary/aromatic N) is 2. The fourth-order valence-corrected chi connectivity index (χ4v) is 3.55. The molecule has 0 N–H and O–H groups in total. The molecule has 1 aromatic carbocycles. The predicted octanol–water partition coefficient (Wildman–Crippen LogP) is 3.31. The zero-order valence-corrected chi connectivity index (χ0v) is 15.5. The van der Waals surface area contributed by atoms with E-state index in [1.54, 1.807) is 0 Å². The van der Waals surface area contributed by atoms with Crippen molar-refractivity contribution in [1.82, 2.24) is 4.48 Å². The second-order valence-electron chi connectivity index (χ2n) is 7.48. The molecule has 2 unspecified atom stereocenters. The van der Waals surface area contributed by atoms with E-state index in [4.69, 9.17) is 4.74 Å². The molecule has 5 nitrogen and oxygen atoms in total. The number of hydrogen-bond donors (Lipinski definition) is 0. The zero-order valence-electron chi connectivity index (χ0n) is 15.5. The van der Waals surface area contributed by atoms with Crippen molar-refractivity contribution in [3.63, 3.8) is 0 Å². The lowest BCUT2D eigenvalue weighted by molar-refractivity contribution is -0.260. The number of rotatable bonds is 3. The molecule has 1 heterocycles. The van der Waals surface area contributed by atoms with Crippen LogP contribution in [0.5, 0.6) is 0 Å². The number of hydrogen-bond acceptors (Lipinski definition) is 4. The maximum atomic E-state index is 12.4. The van der Waals surface area contributed by atoms with E-state index in [1.165, 1.54) is 0 Å². The summed E-state index contributed by atoms with van der Waals surface area (Å²) >= 11 is 0. The number of ether oxygens (including phenoxy) is 1. The normalized spacial score (nSPS) is 22.2. The first-order valence-electron chi connectivity index (χ1n) is 8.56. The summed E-state index contributed by atoms with van der Waals surface area (Å²) in [6.07, 6.45) is 0.123. The summed E-state index contributed by atoms with van der Waals surface area (Å²) in [5.41, 5.74) is 2.29. The van der Waals surface area contributed by atoms with Crippen molar-refractivity contribution in [2.45, 2.75) is 66.0 Å². The average molecular weight is 332 g/mol. The lowest BCUT2D eigenvalue weighted by atomic mass is 9.97. The van der Waals surface area contributed by atoms with Crippen molar-refractivity contribution in [2.24, 2.45) is 4.99 Å². The van der Waals surface area contributed by atoms with Crippen LogP contribution in [-0.2, 0) is 4.74 Å². The first kappa shape index (κ1) is 18.5. The topological polar surface area (TPSA) is 61.7 Å². The third kappa shape index (κ3) is 3.46. The van der Waals surface area contributed by atoms with E-state index < -0.39 is 10.6 Å². The molecule has 1 aromatic rings. The second kappa shape index (κ2) is 6.55. The Bertz CT molecular complexity index is 646. The van der Waals surface area contributed by atoms with Crippen molar-refractivity contribution in [3.05, 3.63) is 29.3 Å². The van der Waals surface area contributed by atoms with Gasteiger partial charge in [-0.15, -0.1) is 0 Å². The Morgan fingerprint density at radius 1 is 1.33 bits per heavy atom. The summed E-state index contributed by atoms with van der Waals surface area (Å²) in [6.45, 7) is 12.2. The van der Waals surface area contributed by atoms with Gasteiger partial charge in [0.05, 0.1) is 12.1 Å². The fourth-order valence-electron chi connectivity index (χ4n) is 3.55. The second-order valence-corrected chi connectivity index (χ2v) is 7.48. The van der Waals surface area contributed by atoms with E-state index in [0.717, 1.165) is 17.5 Å². The van der Waals surface area contributed by atoms with Crippen molar-refractivity contribution in [2.75, 3.05) is 6.54 Å². The number of carboxylic acid groups (broad SMARTS) is 1. The van der Waals surface area contributed by atoms with E-state index in [9.17, 15) is 9.90 Å². The maximum Gasteiger partial charge on any atom is 0.406 e. The molecule has 5 heteroatoms. The molecular formula is C19H28N2O3. The standard InChI is InChI=1S/C19H28N2O3/c1-7-8-21(18(22)23,16-10-13(2)9-14(3)11-16)17-20-19(5,6)12-15(4)24-17/h9-11,15H,7-8,12H2,1-6H3. The van der Waals surface area contributed by atoms with E-state index in [-0.39, 0.29) is 17.7 Å². The Morgan fingerprint density at radius 3 is 2.38 bits per heavy atom. The Labute approximate surface area is 144 Å². The first-order chi connectivity index (χ1) is 11.1. The van der Waals surface area contributed by atoms with E-state index >= 15 is 0 Å². The minimum atomic E-state index is -1.20. The average Bonchev–Trinajstić information content (AvgIpc) is 2.40. The van der Waals surface area contributed by atoms with Gasteiger partial charge in [0.15, 0.2) is 0 Å². The van der Waals surface area contributed by atoms with Crippen molar-refractivity contribution in [3.8, 4) is 0 Å². The van der Waals surface area contributed by atoms with Gasteiger partial charge in [-0.3, -0.25) is 0 Å². The van der Waals surface area contributed by atoms with Crippen molar-refractivity contribution in [1.29, 1.82) is 0 Å². The molecule has 0 aliphatic carbocycles. The number of quaternary nitrogens is 1.